The summed E-state index contributed by atoms with van der Waals surface area (Å²) in [6.45, 7) is 9.91. The Hall–Kier alpha value is -3.21. The first-order chi connectivity index (χ1) is 17.5. The maximum Gasteiger partial charge on any atom is 0.416 e. The molecule has 3 amide bonds. The fourth-order valence-corrected chi connectivity index (χ4v) is 4.10. The van der Waals surface area contributed by atoms with Crippen LogP contribution in [0.3, 0.4) is 0 Å². The van der Waals surface area contributed by atoms with Gasteiger partial charge in [-0.1, -0.05) is 24.3 Å². The molecule has 0 atom stereocenters. The van der Waals surface area contributed by atoms with Crippen molar-refractivity contribution in [1.29, 1.82) is 0 Å². The molecule has 1 saturated carbocycles. The van der Waals surface area contributed by atoms with E-state index >= 15 is 0 Å². The van der Waals surface area contributed by atoms with E-state index < -0.39 is 17.3 Å². The molecule has 206 valence electrons. The molecule has 0 aromatic heterocycles. The highest BCUT2D eigenvalue weighted by Gasteiger charge is 2.59. The van der Waals surface area contributed by atoms with E-state index in [1.165, 1.54) is 18.2 Å². The van der Waals surface area contributed by atoms with E-state index in [0.717, 1.165) is 43.6 Å². The Bertz CT molecular complexity index is 911. The van der Waals surface area contributed by atoms with Gasteiger partial charge < -0.3 is 24.2 Å². The molecule has 0 bridgehead atoms. The van der Waals surface area contributed by atoms with E-state index in [-0.39, 0.29) is 24.3 Å². The molecule has 3 aliphatic rings. The highest BCUT2D eigenvalue weighted by molar-refractivity contribution is 5.99. The minimum Gasteiger partial charge on any atom is -0.388 e. The molecule has 2 aliphatic heterocycles. The molecule has 0 N–H and O–H groups in total. The third kappa shape index (κ3) is 8.70. The molecule has 0 unspecified atom stereocenters. The molecule has 37 heavy (non-hydrogen) atoms. The van der Waals surface area contributed by atoms with Gasteiger partial charge in [0.2, 0.25) is 17.7 Å². The van der Waals surface area contributed by atoms with Crippen molar-refractivity contribution in [3.63, 3.8) is 0 Å². The number of rotatable bonds is 3. The number of halogens is 3. The minimum atomic E-state index is -4.21. The molecular weight excluding hydrogens is 491 g/mol. The van der Waals surface area contributed by atoms with Gasteiger partial charge in [0.25, 0.3) is 0 Å². The Kier molecular flexibility index (Phi) is 12.5. The summed E-state index contributed by atoms with van der Waals surface area (Å²) < 4.78 is 40.0. The monoisotopic (exact) mass is 527 g/mol. The molecule has 4 rings (SSSR count). The molecule has 3 fully saturated rings. The van der Waals surface area contributed by atoms with Crippen LogP contribution in [0.2, 0.25) is 0 Å². The lowest BCUT2D eigenvalue weighted by Crippen LogP contribution is -2.61. The highest BCUT2D eigenvalue weighted by atomic mass is 19.4. The Morgan fingerprint density at radius 1 is 1.03 bits per heavy atom. The number of carbonyl (C=O) groups excluding carboxylic acids is 4. The molecule has 2 heterocycles. The van der Waals surface area contributed by atoms with Gasteiger partial charge in [0.05, 0.1) is 12.1 Å². The first-order valence-corrected chi connectivity index (χ1v) is 11.8. The average Bonchev–Trinajstić information content (AvgIpc) is 3.45. The number of piperazine rings is 1. The van der Waals surface area contributed by atoms with E-state index in [2.05, 4.69) is 11.3 Å². The zero-order chi connectivity index (χ0) is 28.2. The summed E-state index contributed by atoms with van der Waals surface area (Å²) in [7, 11) is 3.25. The molecule has 2 saturated heterocycles. The van der Waals surface area contributed by atoms with E-state index in [9.17, 15) is 27.6 Å². The van der Waals surface area contributed by atoms with Crippen LogP contribution >= 0.6 is 0 Å². The first-order valence-electron chi connectivity index (χ1n) is 11.8. The SMILES string of the molecule is C=CC(=O)N1CCN(CC(=O)N2CCCC2)C(=O)C12CC2.C=O.COC.Cc1ccc(C(F)(F)F)cc1. The normalized spacial score (nSPS) is 17.5. The van der Waals surface area contributed by atoms with Gasteiger partial charge in [0.1, 0.15) is 12.3 Å². The quantitative estimate of drug-likeness (QED) is 0.564. The lowest BCUT2D eigenvalue weighted by atomic mass is 10.1. The summed E-state index contributed by atoms with van der Waals surface area (Å²) >= 11 is 0. The van der Waals surface area contributed by atoms with Gasteiger partial charge in [-0.25, -0.2) is 0 Å². The zero-order valence-corrected chi connectivity index (χ0v) is 21.7. The number of nitrogens with zero attached hydrogens (tertiary/aromatic N) is 3. The van der Waals surface area contributed by atoms with Crippen molar-refractivity contribution in [3.05, 3.63) is 48.0 Å². The van der Waals surface area contributed by atoms with Crippen LogP contribution in [-0.2, 0) is 30.1 Å². The maximum absolute atomic E-state index is 12.6. The third-order valence-electron chi connectivity index (χ3n) is 6.12. The van der Waals surface area contributed by atoms with E-state index in [1.54, 1.807) is 30.9 Å². The van der Waals surface area contributed by atoms with E-state index in [0.29, 0.717) is 25.9 Å². The number of benzene rings is 1. The van der Waals surface area contributed by atoms with Crippen molar-refractivity contribution >= 4 is 24.5 Å². The number of amides is 3. The predicted octanol–water partition coefficient (Wildman–Crippen LogP) is 3.09. The van der Waals surface area contributed by atoms with Crippen LogP contribution in [0, 0.1) is 6.92 Å². The molecular formula is C26H36F3N3O5. The topological polar surface area (TPSA) is 87.2 Å². The molecule has 11 heteroatoms. The van der Waals surface area contributed by atoms with Crippen molar-refractivity contribution in [1.82, 2.24) is 14.7 Å². The summed E-state index contributed by atoms with van der Waals surface area (Å²) in [4.78, 5) is 49.8. The van der Waals surface area contributed by atoms with E-state index in [4.69, 9.17) is 4.79 Å². The number of likely N-dealkylation sites (tertiary alicyclic amines) is 1. The van der Waals surface area contributed by atoms with Gasteiger partial charge in [-0.15, -0.1) is 0 Å². The highest BCUT2D eigenvalue weighted by Crippen LogP contribution is 2.45. The largest absolute Gasteiger partial charge is 0.416 e. The fourth-order valence-electron chi connectivity index (χ4n) is 4.10. The maximum atomic E-state index is 12.6. The van der Waals surface area contributed by atoms with Crippen molar-refractivity contribution < 1.29 is 37.1 Å². The summed E-state index contributed by atoms with van der Waals surface area (Å²) in [5.41, 5.74) is -0.449. The van der Waals surface area contributed by atoms with Gasteiger partial charge in [0, 0.05) is 40.4 Å². The minimum absolute atomic E-state index is 0.0279. The number of methoxy groups -OCH3 is 1. The summed E-state index contributed by atoms with van der Waals surface area (Å²) in [5, 5.41) is 0. The number of alkyl halides is 3. The van der Waals surface area contributed by atoms with Crippen molar-refractivity contribution in [3.8, 4) is 0 Å². The molecule has 1 aliphatic carbocycles. The third-order valence-corrected chi connectivity index (χ3v) is 6.12. The Balaban J connectivity index is 0.000000360. The number of hydrogen-bond donors (Lipinski definition) is 0. The Morgan fingerprint density at radius 3 is 1.97 bits per heavy atom. The summed E-state index contributed by atoms with van der Waals surface area (Å²) in [6, 6.07) is 5.05. The molecule has 8 nitrogen and oxygen atoms in total. The van der Waals surface area contributed by atoms with Gasteiger partial charge in [-0.3, -0.25) is 14.4 Å². The van der Waals surface area contributed by atoms with Crippen LogP contribution in [0.25, 0.3) is 0 Å². The molecule has 0 radical (unpaired) electrons. The van der Waals surface area contributed by atoms with Crippen LogP contribution in [0.1, 0.15) is 36.8 Å². The van der Waals surface area contributed by atoms with Crippen molar-refractivity contribution in [2.45, 2.75) is 44.3 Å². The van der Waals surface area contributed by atoms with Crippen LogP contribution in [0.15, 0.2) is 36.9 Å². The van der Waals surface area contributed by atoms with Crippen LogP contribution in [0.4, 0.5) is 13.2 Å². The lowest BCUT2D eigenvalue weighted by molar-refractivity contribution is -0.154. The van der Waals surface area contributed by atoms with Gasteiger partial charge in [-0.05, 0) is 50.8 Å². The molecule has 1 aromatic carbocycles. The van der Waals surface area contributed by atoms with Gasteiger partial charge in [0.15, 0.2) is 0 Å². The van der Waals surface area contributed by atoms with Crippen LogP contribution in [0.5, 0.6) is 0 Å². The summed E-state index contributed by atoms with van der Waals surface area (Å²) in [5.74, 6) is -0.233. The second-order valence-corrected chi connectivity index (χ2v) is 8.81. The fraction of sp³-hybridized carbons (Fsp3) is 0.538. The number of aryl methyl sites for hydroxylation is 1. The Morgan fingerprint density at radius 2 is 1.54 bits per heavy atom. The van der Waals surface area contributed by atoms with E-state index in [1.807, 2.05) is 11.7 Å². The summed E-state index contributed by atoms with van der Waals surface area (Å²) in [6.07, 6.45) is 0.530. The van der Waals surface area contributed by atoms with Crippen molar-refractivity contribution in [2.24, 2.45) is 0 Å². The first kappa shape index (κ1) is 31.8. The molecule has 1 aromatic rings. The second kappa shape index (κ2) is 14.5. The second-order valence-electron chi connectivity index (χ2n) is 8.81. The van der Waals surface area contributed by atoms with Crippen LogP contribution < -0.4 is 0 Å². The standard InChI is InChI=1S/C15H21N3O3.C8H7F3.C2H6O.CH2O/c1-2-12(19)18-10-9-17(14(21)15(18)5-6-15)11-13(20)16-7-3-4-8-16;1-6-2-4-7(5-3-6)8(9,10)11;1-3-2;1-2/h2H,1,3-11H2;2-5H,1H3;1-2H3;1H2. The smallest absolute Gasteiger partial charge is 0.388 e. The van der Waals surface area contributed by atoms with Crippen molar-refractivity contribution in [2.75, 3.05) is 46.9 Å². The van der Waals surface area contributed by atoms with Gasteiger partial charge in [-0.2, -0.15) is 13.2 Å². The Labute approximate surface area is 216 Å². The predicted molar refractivity (Wildman–Crippen MR) is 133 cm³/mol. The zero-order valence-electron chi connectivity index (χ0n) is 21.7. The van der Waals surface area contributed by atoms with Gasteiger partial charge >= 0.3 is 6.18 Å². The number of ether oxygens (including phenoxy) is 1. The number of hydrogen-bond acceptors (Lipinski definition) is 5. The lowest BCUT2D eigenvalue weighted by Gasteiger charge is -2.40. The number of carbonyl (C=O) groups is 4. The molecule has 1 spiro atoms. The van der Waals surface area contributed by atoms with Crippen LogP contribution in [-0.4, -0.2) is 91.7 Å². The average molecular weight is 528 g/mol.